The summed E-state index contributed by atoms with van der Waals surface area (Å²) in [6, 6.07) is 2.07. The molecule has 1 aromatic carbocycles. The minimum Gasteiger partial charge on any atom is -0.491 e. The highest BCUT2D eigenvalue weighted by molar-refractivity contribution is 5.95. The number of aromatic nitrogens is 2. The van der Waals surface area contributed by atoms with Gasteiger partial charge in [-0.3, -0.25) is 14.8 Å². The van der Waals surface area contributed by atoms with E-state index >= 15 is 0 Å². The summed E-state index contributed by atoms with van der Waals surface area (Å²) in [7, 11) is 1.13. The zero-order valence-electron chi connectivity index (χ0n) is 13.5. The van der Waals surface area contributed by atoms with Crippen LogP contribution < -0.4 is 4.74 Å². The van der Waals surface area contributed by atoms with Crippen LogP contribution in [0.5, 0.6) is 5.75 Å². The Kier molecular flexibility index (Phi) is 4.89. The second-order valence-corrected chi connectivity index (χ2v) is 5.88. The molecule has 1 aliphatic heterocycles. The first-order valence-electron chi connectivity index (χ1n) is 7.75. The fourth-order valence-corrected chi connectivity index (χ4v) is 2.98. The third-order valence-electron chi connectivity index (χ3n) is 4.27. The predicted molar refractivity (Wildman–Crippen MR) is 84.0 cm³/mol. The van der Waals surface area contributed by atoms with Crippen LogP contribution in [-0.2, 0) is 6.42 Å². The van der Waals surface area contributed by atoms with Crippen LogP contribution in [0.2, 0.25) is 0 Å². The molecule has 1 amide bonds. The van der Waals surface area contributed by atoms with Crippen LogP contribution in [0.25, 0.3) is 0 Å². The number of halogens is 2. The lowest BCUT2D eigenvalue weighted by Gasteiger charge is -2.17. The second-order valence-electron chi connectivity index (χ2n) is 5.88. The van der Waals surface area contributed by atoms with Crippen LogP contribution >= 0.6 is 0 Å². The number of hydrogen-bond donors (Lipinski definition) is 1. The molecule has 2 aromatic rings. The molecular formula is C17H17F2N3O3. The molecule has 0 radical (unpaired) electrons. The first-order valence-corrected chi connectivity index (χ1v) is 7.75. The topological polar surface area (TPSA) is 75.5 Å². The van der Waals surface area contributed by atoms with E-state index in [2.05, 4.69) is 14.7 Å². The van der Waals surface area contributed by atoms with Crippen molar-refractivity contribution in [3.05, 3.63) is 53.6 Å². The Labute approximate surface area is 143 Å². The van der Waals surface area contributed by atoms with Gasteiger partial charge < -0.3 is 14.7 Å². The summed E-state index contributed by atoms with van der Waals surface area (Å²) in [6.45, 7) is 0.318. The number of methoxy groups -OCH3 is 1. The molecule has 132 valence electrons. The molecule has 1 aromatic heterocycles. The van der Waals surface area contributed by atoms with Crippen LogP contribution in [0, 0.1) is 17.6 Å². The minimum atomic E-state index is -1.04. The Bertz CT molecular complexity index is 773. The molecule has 2 heterocycles. The molecule has 0 saturated carbocycles. The first-order chi connectivity index (χ1) is 12.0. The van der Waals surface area contributed by atoms with E-state index < -0.39 is 29.4 Å². The van der Waals surface area contributed by atoms with Crippen molar-refractivity contribution in [3.63, 3.8) is 0 Å². The Morgan fingerprint density at radius 3 is 2.84 bits per heavy atom. The number of rotatable bonds is 4. The van der Waals surface area contributed by atoms with Gasteiger partial charge >= 0.3 is 0 Å². The Morgan fingerprint density at radius 1 is 1.36 bits per heavy atom. The second kappa shape index (κ2) is 7.10. The Hall–Kier alpha value is -2.61. The maximum atomic E-state index is 14.3. The molecule has 1 fully saturated rings. The molecule has 1 saturated heterocycles. The van der Waals surface area contributed by atoms with Gasteiger partial charge in [0.1, 0.15) is 0 Å². The molecule has 0 spiro atoms. The lowest BCUT2D eigenvalue weighted by atomic mass is 10.0. The number of β-amino-alcohol motifs (C(OH)–C–C–N with tert-alkyl or cyclic N) is 1. The fraction of sp³-hybridized carbons (Fsp3) is 0.353. The number of ether oxygens (including phenoxy) is 1. The van der Waals surface area contributed by atoms with Crippen LogP contribution in [0.3, 0.4) is 0 Å². The highest BCUT2D eigenvalue weighted by atomic mass is 19.1. The fourth-order valence-electron chi connectivity index (χ4n) is 2.98. The monoisotopic (exact) mass is 349 g/mol. The third-order valence-corrected chi connectivity index (χ3v) is 4.27. The quantitative estimate of drug-likeness (QED) is 0.904. The summed E-state index contributed by atoms with van der Waals surface area (Å²) >= 11 is 0. The molecule has 2 atom stereocenters. The maximum Gasteiger partial charge on any atom is 0.257 e. The van der Waals surface area contributed by atoms with Crippen molar-refractivity contribution in [1.82, 2.24) is 14.9 Å². The average molecular weight is 349 g/mol. The largest absolute Gasteiger partial charge is 0.491 e. The lowest BCUT2D eigenvalue weighted by Crippen LogP contribution is -2.30. The zero-order valence-corrected chi connectivity index (χ0v) is 13.5. The van der Waals surface area contributed by atoms with Gasteiger partial charge in [0.25, 0.3) is 5.91 Å². The molecule has 3 rings (SSSR count). The number of likely N-dealkylation sites (tertiary alicyclic amines) is 1. The summed E-state index contributed by atoms with van der Waals surface area (Å²) in [5, 5.41) is 10.2. The summed E-state index contributed by atoms with van der Waals surface area (Å²) in [4.78, 5) is 22.0. The van der Waals surface area contributed by atoms with Crippen molar-refractivity contribution in [2.45, 2.75) is 12.5 Å². The summed E-state index contributed by atoms with van der Waals surface area (Å²) in [5.74, 6) is -3.36. The number of nitrogens with zero attached hydrogens (tertiary/aromatic N) is 3. The molecule has 1 N–H and O–H groups in total. The van der Waals surface area contributed by atoms with E-state index in [0.717, 1.165) is 19.2 Å². The molecule has 0 bridgehead atoms. The van der Waals surface area contributed by atoms with Gasteiger partial charge in [0.15, 0.2) is 17.4 Å². The normalized spacial score (nSPS) is 19.9. The van der Waals surface area contributed by atoms with Crippen LogP contribution in [0.4, 0.5) is 8.78 Å². The van der Waals surface area contributed by atoms with Crippen molar-refractivity contribution >= 4 is 5.91 Å². The SMILES string of the molecule is COc1c(F)ccc(C(=O)N2C[C@@H](Cc3cnccn3)[C@H](O)C2)c1F. The van der Waals surface area contributed by atoms with Gasteiger partial charge in [-0.25, -0.2) is 8.78 Å². The van der Waals surface area contributed by atoms with Crippen molar-refractivity contribution in [2.75, 3.05) is 20.2 Å². The smallest absolute Gasteiger partial charge is 0.257 e. The van der Waals surface area contributed by atoms with E-state index in [9.17, 15) is 18.7 Å². The molecular weight excluding hydrogens is 332 g/mol. The van der Waals surface area contributed by atoms with E-state index in [-0.39, 0.29) is 24.6 Å². The van der Waals surface area contributed by atoms with E-state index in [0.29, 0.717) is 12.1 Å². The van der Waals surface area contributed by atoms with E-state index in [1.54, 1.807) is 18.6 Å². The van der Waals surface area contributed by atoms with Gasteiger partial charge in [-0.1, -0.05) is 0 Å². The van der Waals surface area contributed by atoms with E-state index in [1.165, 1.54) is 4.90 Å². The first kappa shape index (κ1) is 17.2. The number of amides is 1. The lowest BCUT2D eigenvalue weighted by molar-refractivity contribution is 0.0759. The number of aliphatic hydroxyl groups excluding tert-OH is 1. The number of carbonyl (C=O) groups is 1. The molecule has 0 aliphatic carbocycles. The van der Waals surface area contributed by atoms with Crippen LogP contribution in [0.1, 0.15) is 16.1 Å². The number of hydrogen-bond acceptors (Lipinski definition) is 5. The Balaban J connectivity index is 1.76. The van der Waals surface area contributed by atoms with E-state index in [1.807, 2.05) is 0 Å². The molecule has 25 heavy (non-hydrogen) atoms. The molecule has 0 unspecified atom stereocenters. The Morgan fingerprint density at radius 2 is 2.16 bits per heavy atom. The van der Waals surface area contributed by atoms with Crippen molar-refractivity contribution in [1.29, 1.82) is 0 Å². The van der Waals surface area contributed by atoms with Gasteiger partial charge in [0.2, 0.25) is 0 Å². The van der Waals surface area contributed by atoms with Crippen molar-refractivity contribution in [2.24, 2.45) is 5.92 Å². The maximum absolute atomic E-state index is 14.3. The summed E-state index contributed by atoms with van der Waals surface area (Å²) in [5.41, 5.74) is 0.418. The number of carbonyl (C=O) groups excluding carboxylic acids is 1. The molecule has 8 heteroatoms. The predicted octanol–water partition coefficient (Wildman–Crippen LogP) is 1.44. The zero-order chi connectivity index (χ0) is 18.0. The summed E-state index contributed by atoms with van der Waals surface area (Å²) < 4.78 is 32.4. The highest BCUT2D eigenvalue weighted by Gasteiger charge is 2.36. The van der Waals surface area contributed by atoms with Crippen molar-refractivity contribution in [3.8, 4) is 5.75 Å². The van der Waals surface area contributed by atoms with Gasteiger partial charge in [0, 0.05) is 37.6 Å². The minimum absolute atomic E-state index is 0.0723. The average Bonchev–Trinajstić information content (AvgIpc) is 2.96. The highest BCUT2D eigenvalue weighted by Crippen LogP contribution is 2.27. The van der Waals surface area contributed by atoms with Gasteiger partial charge in [-0.2, -0.15) is 0 Å². The number of benzene rings is 1. The summed E-state index contributed by atoms with van der Waals surface area (Å²) in [6.07, 6.45) is 4.40. The number of aliphatic hydroxyl groups is 1. The van der Waals surface area contributed by atoms with Gasteiger partial charge in [-0.05, 0) is 18.6 Å². The van der Waals surface area contributed by atoms with Crippen LogP contribution in [0.15, 0.2) is 30.7 Å². The van der Waals surface area contributed by atoms with Gasteiger partial charge in [-0.15, -0.1) is 0 Å². The van der Waals surface area contributed by atoms with Gasteiger partial charge in [0.05, 0.1) is 24.5 Å². The van der Waals surface area contributed by atoms with E-state index in [4.69, 9.17) is 0 Å². The standard InChI is InChI=1S/C17H17F2N3O3/c1-25-16-13(18)3-2-12(15(16)19)17(24)22-8-10(14(23)9-22)6-11-7-20-4-5-21-11/h2-5,7,10,14,23H,6,8-9H2,1H3/t10-,14-/m1/s1. The van der Waals surface area contributed by atoms with Crippen LogP contribution in [-0.4, -0.2) is 52.2 Å². The molecule has 1 aliphatic rings. The third kappa shape index (κ3) is 3.43. The molecule has 6 nitrogen and oxygen atoms in total. The van der Waals surface area contributed by atoms with Crippen molar-refractivity contribution < 1.29 is 23.4 Å².